The molecule has 0 atom stereocenters. The largest absolute Gasteiger partial charge is 0.398 e. The van der Waals surface area contributed by atoms with Crippen LogP contribution in [0.1, 0.15) is 6.42 Å². The van der Waals surface area contributed by atoms with Gasteiger partial charge in [-0.3, -0.25) is 15.0 Å². The molecule has 1 aliphatic heterocycles. The van der Waals surface area contributed by atoms with Crippen molar-refractivity contribution >= 4 is 34.2 Å². The summed E-state index contributed by atoms with van der Waals surface area (Å²) in [7, 11) is 0. The molecule has 18 heavy (non-hydrogen) atoms. The van der Waals surface area contributed by atoms with Gasteiger partial charge in [-0.15, -0.1) is 0 Å². The van der Waals surface area contributed by atoms with Crippen LogP contribution in [-0.2, 0) is 4.79 Å². The topological polar surface area (TPSA) is 91.2 Å². The van der Waals surface area contributed by atoms with Gasteiger partial charge < -0.3 is 10.7 Å². The first-order valence-electron chi connectivity index (χ1n) is 5.64. The molecule has 1 aliphatic rings. The molecule has 0 saturated carbocycles. The highest BCUT2D eigenvalue weighted by Crippen LogP contribution is 2.30. The van der Waals surface area contributed by atoms with Gasteiger partial charge in [0.1, 0.15) is 0 Å². The molecule has 3 rings (SSSR count). The highest BCUT2D eigenvalue weighted by molar-refractivity contribution is 6.10. The van der Waals surface area contributed by atoms with Gasteiger partial charge in [-0.05, 0) is 18.2 Å². The number of benzene rings is 1. The van der Waals surface area contributed by atoms with Crippen LogP contribution in [0.3, 0.4) is 0 Å². The van der Waals surface area contributed by atoms with Gasteiger partial charge in [-0.1, -0.05) is 0 Å². The Morgan fingerprint density at radius 3 is 2.83 bits per heavy atom. The van der Waals surface area contributed by atoms with Gasteiger partial charge in [0.15, 0.2) is 0 Å². The van der Waals surface area contributed by atoms with E-state index in [0.717, 1.165) is 16.6 Å². The van der Waals surface area contributed by atoms with Crippen LogP contribution in [0.15, 0.2) is 24.4 Å². The van der Waals surface area contributed by atoms with Crippen molar-refractivity contribution in [3.8, 4) is 0 Å². The maximum atomic E-state index is 11.8. The fourth-order valence-electron chi connectivity index (χ4n) is 2.18. The number of carbonyl (C=O) groups excluding carboxylic acids is 2. The molecule has 4 N–H and O–H groups in total. The lowest BCUT2D eigenvalue weighted by atomic mass is 10.1. The van der Waals surface area contributed by atoms with E-state index in [2.05, 4.69) is 10.3 Å². The van der Waals surface area contributed by atoms with Crippen LogP contribution < -0.4 is 16.0 Å². The zero-order valence-electron chi connectivity index (χ0n) is 9.56. The average molecular weight is 244 g/mol. The average Bonchev–Trinajstić information content (AvgIpc) is 2.81. The summed E-state index contributed by atoms with van der Waals surface area (Å²) in [5.74, 6) is -0.241. The molecule has 2 heterocycles. The van der Waals surface area contributed by atoms with Crippen LogP contribution in [0.5, 0.6) is 0 Å². The molecular weight excluding hydrogens is 232 g/mol. The number of anilines is 2. The zero-order valence-corrected chi connectivity index (χ0v) is 9.56. The number of carbonyl (C=O) groups is 2. The maximum absolute atomic E-state index is 11.8. The summed E-state index contributed by atoms with van der Waals surface area (Å²) in [6, 6.07) is 5.01. The van der Waals surface area contributed by atoms with Crippen molar-refractivity contribution in [3.63, 3.8) is 0 Å². The number of amides is 3. The number of nitrogens with one attached hydrogen (secondary N) is 2. The van der Waals surface area contributed by atoms with Crippen molar-refractivity contribution in [2.75, 3.05) is 17.2 Å². The van der Waals surface area contributed by atoms with E-state index in [1.807, 2.05) is 6.07 Å². The molecule has 1 aromatic heterocycles. The standard InChI is InChI=1S/C12H12N4O2/c13-8-1-2-9(11-7(8)3-5-14-11)16-6-4-10(17)15-12(16)18/h1-3,5,14H,4,6,13H2,(H,15,17,18). The zero-order chi connectivity index (χ0) is 12.7. The van der Waals surface area contributed by atoms with Gasteiger partial charge >= 0.3 is 6.03 Å². The van der Waals surface area contributed by atoms with Gasteiger partial charge in [0.25, 0.3) is 0 Å². The number of fused-ring (bicyclic) bond motifs is 1. The lowest BCUT2D eigenvalue weighted by Gasteiger charge is -2.27. The Kier molecular flexibility index (Phi) is 2.22. The summed E-state index contributed by atoms with van der Waals surface area (Å²) in [5.41, 5.74) is 8.05. The SMILES string of the molecule is Nc1ccc(N2CCC(=O)NC2=O)c2[nH]ccc12. The lowest BCUT2D eigenvalue weighted by molar-refractivity contribution is -0.120. The Balaban J connectivity index is 2.09. The maximum Gasteiger partial charge on any atom is 0.328 e. The summed E-state index contributed by atoms with van der Waals surface area (Å²) < 4.78 is 0. The fraction of sp³-hybridized carbons (Fsp3) is 0.167. The summed E-state index contributed by atoms with van der Waals surface area (Å²) >= 11 is 0. The monoisotopic (exact) mass is 244 g/mol. The van der Waals surface area contributed by atoms with Crippen LogP contribution >= 0.6 is 0 Å². The van der Waals surface area contributed by atoms with E-state index in [1.54, 1.807) is 23.2 Å². The van der Waals surface area contributed by atoms with Crippen LogP contribution in [0.2, 0.25) is 0 Å². The van der Waals surface area contributed by atoms with Crippen molar-refractivity contribution in [2.45, 2.75) is 6.42 Å². The number of nitrogen functional groups attached to an aromatic ring is 1. The predicted molar refractivity (Wildman–Crippen MR) is 68.2 cm³/mol. The molecule has 0 aliphatic carbocycles. The Hall–Kier alpha value is -2.50. The van der Waals surface area contributed by atoms with E-state index in [4.69, 9.17) is 5.73 Å². The second-order valence-electron chi connectivity index (χ2n) is 4.20. The Bertz CT molecular complexity index is 647. The Labute approximate surface area is 103 Å². The molecule has 0 spiro atoms. The number of aromatic amines is 1. The van der Waals surface area contributed by atoms with Crippen LogP contribution in [0.25, 0.3) is 10.9 Å². The normalized spacial score (nSPS) is 16.1. The van der Waals surface area contributed by atoms with E-state index in [9.17, 15) is 9.59 Å². The molecule has 1 fully saturated rings. The number of H-pyrrole nitrogens is 1. The van der Waals surface area contributed by atoms with Gasteiger partial charge in [0.2, 0.25) is 5.91 Å². The number of hydrogen-bond donors (Lipinski definition) is 3. The smallest absolute Gasteiger partial charge is 0.328 e. The second-order valence-corrected chi connectivity index (χ2v) is 4.20. The molecule has 0 radical (unpaired) electrons. The molecule has 1 saturated heterocycles. The number of imide groups is 1. The number of nitrogens with two attached hydrogens (primary N) is 1. The molecular formula is C12H12N4O2. The summed E-state index contributed by atoms with van der Waals surface area (Å²) in [5, 5.41) is 3.17. The number of nitrogens with zero attached hydrogens (tertiary/aromatic N) is 1. The molecule has 1 aromatic carbocycles. The van der Waals surface area contributed by atoms with E-state index in [1.165, 1.54) is 0 Å². The van der Waals surface area contributed by atoms with Crippen molar-refractivity contribution < 1.29 is 9.59 Å². The molecule has 3 amide bonds. The fourth-order valence-corrected chi connectivity index (χ4v) is 2.18. The molecule has 6 heteroatoms. The first-order valence-corrected chi connectivity index (χ1v) is 5.64. The number of urea groups is 1. The third kappa shape index (κ3) is 1.50. The quantitative estimate of drug-likeness (QED) is 0.658. The van der Waals surface area contributed by atoms with Crippen LogP contribution in [0, 0.1) is 0 Å². The van der Waals surface area contributed by atoms with Crippen molar-refractivity contribution in [2.24, 2.45) is 0 Å². The first kappa shape index (κ1) is 10.6. The molecule has 92 valence electrons. The lowest BCUT2D eigenvalue weighted by Crippen LogP contribution is -2.49. The van der Waals surface area contributed by atoms with E-state index >= 15 is 0 Å². The number of hydrogen-bond acceptors (Lipinski definition) is 3. The highest BCUT2D eigenvalue weighted by Gasteiger charge is 2.25. The third-order valence-electron chi connectivity index (χ3n) is 3.08. The summed E-state index contributed by atoms with van der Waals surface area (Å²) in [6.45, 7) is 0.378. The van der Waals surface area contributed by atoms with Crippen molar-refractivity contribution in [3.05, 3.63) is 24.4 Å². The van der Waals surface area contributed by atoms with Gasteiger partial charge in [0, 0.05) is 30.2 Å². The van der Waals surface area contributed by atoms with Gasteiger partial charge in [-0.2, -0.15) is 0 Å². The van der Waals surface area contributed by atoms with Gasteiger partial charge in [0.05, 0.1) is 11.2 Å². The minimum absolute atomic E-state index is 0.241. The third-order valence-corrected chi connectivity index (χ3v) is 3.08. The van der Waals surface area contributed by atoms with E-state index in [0.29, 0.717) is 18.7 Å². The van der Waals surface area contributed by atoms with Crippen LogP contribution in [0.4, 0.5) is 16.2 Å². The minimum Gasteiger partial charge on any atom is -0.398 e. The summed E-state index contributed by atoms with van der Waals surface area (Å²) in [6.07, 6.45) is 2.08. The van der Waals surface area contributed by atoms with Crippen molar-refractivity contribution in [1.82, 2.24) is 10.3 Å². The highest BCUT2D eigenvalue weighted by atomic mass is 16.2. The number of aromatic nitrogens is 1. The van der Waals surface area contributed by atoms with Gasteiger partial charge in [-0.25, -0.2) is 4.79 Å². The van der Waals surface area contributed by atoms with E-state index in [-0.39, 0.29) is 5.91 Å². The molecule has 2 aromatic rings. The Morgan fingerprint density at radius 2 is 2.06 bits per heavy atom. The summed E-state index contributed by atoms with van der Waals surface area (Å²) in [4.78, 5) is 27.5. The molecule has 0 unspecified atom stereocenters. The Morgan fingerprint density at radius 1 is 1.22 bits per heavy atom. The van der Waals surface area contributed by atoms with Crippen molar-refractivity contribution in [1.29, 1.82) is 0 Å². The second kappa shape index (κ2) is 3.76. The van der Waals surface area contributed by atoms with E-state index < -0.39 is 6.03 Å². The first-order chi connectivity index (χ1) is 8.66. The molecule has 0 bridgehead atoms. The predicted octanol–water partition coefficient (Wildman–Crippen LogP) is 1.20. The molecule has 6 nitrogen and oxygen atoms in total. The number of rotatable bonds is 1. The van der Waals surface area contributed by atoms with Crippen LogP contribution in [-0.4, -0.2) is 23.5 Å². The minimum atomic E-state index is -0.396.